The molecule has 1 aromatic rings. The first-order chi connectivity index (χ1) is 8.92. The SMILES string of the molecule is COc1ccc(CN(C)C(=O)C(O)CN)c(C)c1C. The molecule has 1 aromatic carbocycles. The standard InChI is InChI=1S/C14H22N2O3/c1-9-10(2)13(19-4)6-5-11(9)8-16(3)14(18)12(17)7-15/h5-6,12,17H,7-8,15H2,1-4H3. The summed E-state index contributed by atoms with van der Waals surface area (Å²) in [5, 5.41) is 9.44. The predicted octanol–water partition coefficient (Wildman–Crippen LogP) is 0.590. The van der Waals surface area contributed by atoms with E-state index in [0.29, 0.717) is 6.54 Å². The molecule has 5 nitrogen and oxygen atoms in total. The smallest absolute Gasteiger partial charge is 0.252 e. The number of benzene rings is 1. The van der Waals surface area contributed by atoms with Crippen LogP contribution in [0, 0.1) is 13.8 Å². The van der Waals surface area contributed by atoms with E-state index >= 15 is 0 Å². The van der Waals surface area contributed by atoms with Crippen LogP contribution in [0.15, 0.2) is 12.1 Å². The van der Waals surface area contributed by atoms with Crippen molar-refractivity contribution in [3.05, 3.63) is 28.8 Å². The molecule has 0 aliphatic rings. The van der Waals surface area contributed by atoms with Gasteiger partial charge in [0.05, 0.1) is 7.11 Å². The van der Waals surface area contributed by atoms with Gasteiger partial charge in [-0.3, -0.25) is 4.79 Å². The van der Waals surface area contributed by atoms with Crippen LogP contribution in [0.25, 0.3) is 0 Å². The lowest BCUT2D eigenvalue weighted by atomic mass is 10.0. The van der Waals surface area contributed by atoms with E-state index in [2.05, 4.69) is 0 Å². The number of aliphatic hydroxyl groups is 1. The van der Waals surface area contributed by atoms with Crippen LogP contribution in [-0.2, 0) is 11.3 Å². The van der Waals surface area contributed by atoms with E-state index in [1.807, 2.05) is 26.0 Å². The van der Waals surface area contributed by atoms with Crippen molar-refractivity contribution < 1.29 is 14.6 Å². The van der Waals surface area contributed by atoms with Crippen LogP contribution in [0.1, 0.15) is 16.7 Å². The number of ether oxygens (including phenoxy) is 1. The van der Waals surface area contributed by atoms with Crippen molar-refractivity contribution in [1.82, 2.24) is 4.90 Å². The third-order valence-electron chi connectivity index (χ3n) is 3.36. The molecule has 0 saturated heterocycles. The summed E-state index contributed by atoms with van der Waals surface area (Å²) in [4.78, 5) is 13.2. The van der Waals surface area contributed by atoms with E-state index in [1.54, 1.807) is 14.2 Å². The Labute approximate surface area is 114 Å². The van der Waals surface area contributed by atoms with Gasteiger partial charge < -0.3 is 20.5 Å². The first-order valence-electron chi connectivity index (χ1n) is 6.18. The summed E-state index contributed by atoms with van der Waals surface area (Å²) in [5.41, 5.74) is 8.45. The van der Waals surface area contributed by atoms with Gasteiger partial charge in [0.25, 0.3) is 5.91 Å². The number of likely N-dealkylation sites (N-methyl/N-ethyl adjacent to an activating group) is 1. The molecule has 0 aliphatic carbocycles. The first-order valence-corrected chi connectivity index (χ1v) is 6.18. The maximum atomic E-state index is 11.8. The molecule has 1 rings (SSSR count). The fraction of sp³-hybridized carbons (Fsp3) is 0.500. The Kier molecular flexibility index (Phi) is 5.32. The summed E-state index contributed by atoms with van der Waals surface area (Å²) < 4.78 is 5.25. The van der Waals surface area contributed by atoms with Crippen LogP contribution in [0.3, 0.4) is 0 Å². The molecule has 1 atom stereocenters. The highest BCUT2D eigenvalue weighted by atomic mass is 16.5. The topological polar surface area (TPSA) is 75.8 Å². The lowest BCUT2D eigenvalue weighted by Crippen LogP contribution is -2.40. The summed E-state index contributed by atoms with van der Waals surface area (Å²) in [5.74, 6) is 0.465. The van der Waals surface area contributed by atoms with Gasteiger partial charge >= 0.3 is 0 Å². The monoisotopic (exact) mass is 266 g/mol. The minimum atomic E-state index is -1.13. The van der Waals surface area contributed by atoms with Gasteiger partial charge in [-0.25, -0.2) is 0 Å². The molecule has 0 spiro atoms. The molecule has 0 saturated carbocycles. The lowest BCUT2D eigenvalue weighted by Gasteiger charge is -2.22. The Morgan fingerprint density at radius 2 is 2.05 bits per heavy atom. The quantitative estimate of drug-likeness (QED) is 0.818. The number of aliphatic hydroxyl groups excluding tert-OH is 1. The maximum Gasteiger partial charge on any atom is 0.252 e. The number of carbonyl (C=O) groups excluding carboxylic acids is 1. The number of carbonyl (C=O) groups is 1. The highest BCUT2D eigenvalue weighted by Crippen LogP contribution is 2.24. The molecular formula is C14H22N2O3. The Balaban J connectivity index is 2.89. The second-order valence-corrected chi connectivity index (χ2v) is 4.62. The van der Waals surface area contributed by atoms with Crippen LogP contribution in [0.5, 0.6) is 5.75 Å². The number of hydrogen-bond acceptors (Lipinski definition) is 4. The van der Waals surface area contributed by atoms with Crippen LogP contribution in [0.2, 0.25) is 0 Å². The predicted molar refractivity (Wildman–Crippen MR) is 74.0 cm³/mol. The van der Waals surface area contributed by atoms with Gasteiger partial charge in [-0.2, -0.15) is 0 Å². The molecule has 1 amide bonds. The lowest BCUT2D eigenvalue weighted by molar-refractivity contribution is -0.138. The average molecular weight is 266 g/mol. The summed E-state index contributed by atoms with van der Waals surface area (Å²) in [6, 6.07) is 3.81. The molecule has 1 unspecified atom stereocenters. The molecule has 0 aromatic heterocycles. The van der Waals surface area contributed by atoms with E-state index < -0.39 is 6.10 Å². The molecule has 0 radical (unpaired) electrons. The van der Waals surface area contributed by atoms with Crippen LogP contribution in [-0.4, -0.2) is 42.7 Å². The summed E-state index contributed by atoms with van der Waals surface area (Å²) in [6.45, 7) is 4.34. The highest BCUT2D eigenvalue weighted by Gasteiger charge is 2.18. The maximum absolute atomic E-state index is 11.8. The second-order valence-electron chi connectivity index (χ2n) is 4.62. The second kappa shape index (κ2) is 6.54. The fourth-order valence-electron chi connectivity index (χ4n) is 1.93. The summed E-state index contributed by atoms with van der Waals surface area (Å²) >= 11 is 0. The van der Waals surface area contributed by atoms with Gasteiger partial charge in [0, 0.05) is 20.1 Å². The largest absolute Gasteiger partial charge is 0.496 e. The molecule has 0 aliphatic heterocycles. The number of nitrogens with zero attached hydrogens (tertiary/aromatic N) is 1. The third-order valence-corrected chi connectivity index (χ3v) is 3.36. The van der Waals surface area contributed by atoms with Gasteiger partial charge in [-0.15, -0.1) is 0 Å². The number of hydrogen-bond donors (Lipinski definition) is 2. The molecular weight excluding hydrogens is 244 g/mol. The zero-order valence-electron chi connectivity index (χ0n) is 11.9. The summed E-state index contributed by atoms with van der Waals surface area (Å²) in [7, 11) is 3.29. The van der Waals surface area contributed by atoms with Crippen LogP contribution >= 0.6 is 0 Å². The Bertz CT molecular complexity index is 460. The van der Waals surface area contributed by atoms with E-state index in [4.69, 9.17) is 10.5 Å². The van der Waals surface area contributed by atoms with E-state index in [1.165, 1.54) is 4.90 Å². The minimum Gasteiger partial charge on any atom is -0.496 e. The van der Waals surface area contributed by atoms with Crippen molar-refractivity contribution in [3.8, 4) is 5.75 Å². The molecule has 0 fully saturated rings. The average Bonchev–Trinajstić information content (AvgIpc) is 2.42. The molecule has 0 bridgehead atoms. The Hall–Kier alpha value is -1.59. The normalized spacial score (nSPS) is 12.1. The minimum absolute atomic E-state index is 0.0657. The summed E-state index contributed by atoms with van der Waals surface area (Å²) in [6.07, 6.45) is -1.13. The van der Waals surface area contributed by atoms with Crippen molar-refractivity contribution in [2.24, 2.45) is 5.73 Å². The van der Waals surface area contributed by atoms with Gasteiger partial charge in [0.15, 0.2) is 0 Å². The molecule has 3 N–H and O–H groups in total. The van der Waals surface area contributed by atoms with Crippen molar-refractivity contribution in [2.75, 3.05) is 20.7 Å². The first kappa shape index (κ1) is 15.5. The van der Waals surface area contributed by atoms with Crippen molar-refractivity contribution in [2.45, 2.75) is 26.5 Å². The van der Waals surface area contributed by atoms with Gasteiger partial charge in [-0.05, 0) is 36.6 Å². The number of methoxy groups -OCH3 is 1. The zero-order valence-corrected chi connectivity index (χ0v) is 11.9. The molecule has 0 heterocycles. The zero-order chi connectivity index (χ0) is 14.6. The van der Waals surface area contributed by atoms with E-state index in [9.17, 15) is 9.90 Å². The molecule has 5 heteroatoms. The fourth-order valence-corrected chi connectivity index (χ4v) is 1.93. The third kappa shape index (κ3) is 3.45. The van der Waals surface area contributed by atoms with Gasteiger partial charge in [0.1, 0.15) is 11.9 Å². The van der Waals surface area contributed by atoms with Crippen molar-refractivity contribution >= 4 is 5.91 Å². The van der Waals surface area contributed by atoms with E-state index in [-0.39, 0.29) is 12.5 Å². The Morgan fingerprint density at radius 1 is 1.42 bits per heavy atom. The highest BCUT2D eigenvalue weighted by molar-refractivity contribution is 5.80. The van der Waals surface area contributed by atoms with Gasteiger partial charge in [-0.1, -0.05) is 6.07 Å². The van der Waals surface area contributed by atoms with Crippen molar-refractivity contribution in [3.63, 3.8) is 0 Å². The molecule has 19 heavy (non-hydrogen) atoms. The number of rotatable bonds is 5. The van der Waals surface area contributed by atoms with Crippen LogP contribution < -0.4 is 10.5 Å². The van der Waals surface area contributed by atoms with Crippen LogP contribution in [0.4, 0.5) is 0 Å². The van der Waals surface area contributed by atoms with Crippen molar-refractivity contribution in [1.29, 1.82) is 0 Å². The van der Waals surface area contributed by atoms with E-state index in [0.717, 1.165) is 22.4 Å². The van der Waals surface area contributed by atoms with Gasteiger partial charge in [0.2, 0.25) is 0 Å². The Morgan fingerprint density at radius 3 is 2.58 bits per heavy atom. The number of nitrogens with two attached hydrogens (primary N) is 1. The number of amides is 1. The molecule has 106 valence electrons.